The molecule has 0 aliphatic carbocycles. The number of nitrogens with zero attached hydrogens (tertiary/aromatic N) is 3. The zero-order valence-corrected chi connectivity index (χ0v) is 15.6. The van der Waals surface area contributed by atoms with Gasteiger partial charge in [0.05, 0.1) is 5.75 Å². The lowest BCUT2D eigenvalue weighted by molar-refractivity contribution is -0.119. The Morgan fingerprint density at radius 2 is 1.92 bits per heavy atom. The van der Waals surface area contributed by atoms with Gasteiger partial charge in [-0.1, -0.05) is 11.8 Å². The van der Waals surface area contributed by atoms with E-state index >= 15 is 0 Å². The molecule has 3 amide bonds. The summed E-state index contributed by atoms with van der Waals surface area (Å²) >= 11 is 3.06. The average molecular weight is 369 g/mol. The van der Waals surface area contributed by atoms with Crippen LogP contribution in [-0.2, 0) is 4.79 Å². The number of hydrogen-bond acceptors (Lipinski definition) is 5. The molecule has 0 aromatic carbocycles. The van der Waals surface area contributed by atoms with Crippen molar-refractivity contribution in [2.75, 3.05) is 31.9 Å². The van der Waals surface area contributed by atoms with Gasteiger partial charge in [-0.3, -0.25) is 4.79 Å². The number of urea groups is 1. The van der Waals surface area contributed by atoms with Crippen LogP contribution in [0.2, 0.25) is 0 Å². The summed E-state index contributed by atoms with van der Waals surface area (Å²) in [5, 5.41) is 5.08. The molecule has 3 rings (SSSR count). The Labute approximate surface area is 151 Å². The van der Waals surface area contributed by atoms with Crippen molar-refractivity contribution < 1.29 is 9.59 Å². The highest BCUT2D eigenvalue weighted by atomic mass is 32.2. The Morgan fingerprint density at radius 1 is 1.25 bits per heavy atom. The van der Waals surface area contributed by atoms with Gasteiger partial charge in [0.25, 0.3) is 0 Å². The van der Waals surface area contributed by atoms with Gasteiger partial charge in [-0.15, -0.1) is 11.3 Å². The molecule has 0 saturated carbocycles. The molecule has 0 radical (unpaired) electrons. The summed E-state index contributed by atoms with van der Waals surface area (Å²) in [6.07, 6.45) is 3.92. The maximum absolute atomic E-state index is 12.3. The van der Waals surface area contributed by atoms with E-state index in [1.807, 2.05) is 22.1 Å². The number of thiazole rings is 1. The van der Waals surface area contributed by atoms with E-state index in [0.717, 1.165) is 61.9 Å². The third kappa shape index (κ3) is 4.63. The van der Waals surface area contributed by atoms with Crippen LogP contribution in [0.4, 0.5) is 4.79 Å². The molecule has 1 aromatic heterocycles. The van der Waals surface area contributed by atoms with Crippen molar-refractivity contribution in [2.45, 2.75) is 43.0 Å². The molecular formula is C16H24N4O2S2. The minimum absolute atomic E-state index is 0.0529. The number of carbonyl (C=O) groups is 2. The van der Waals surface area contributed by atoms with Crippen LogP contribution in [0, 0.1) is 6.92 Å². The predicted octanol–water partition coefficient (Wildman–Crippen LogP) is 2.34. The molecule has 8 heteroatoms. The molecule has 2 saturated heterocycles. The summed E-state index contributed by atoms with van der Waals surface area (Å²) < 4.78 is 0.939. The second-order valence-corrected chi connectivity index (χ2v) is 8.43. The lowest BCUT2D eigenvalue weighted by atomic mass is 10.1. The van der Waals surface area contributed by atoms with Gasteiger partial charge in [0, 0.05) is 43.3 Å². The molecule has 0 unspecified atom stereocenters. The van der Waals surface area contributed by atoms with Gasteiger partial charge >= 0.3 is 6.03 Å². The summed E-state index contributed by atoms with van der Waals surface area (Å²) in [4.78, 5) is 32.6. The van der Waals surface area contributed by atoms with Crippen molar-refractivity contribution in [1.82, 2.24) is 20.1 Å². The molecule has 0 spiro atoms. The number of thioether (sulfide) groups is 1. The molecule has 2 aliphatic heterocycles. The Balaban J connectivity index is 1.37. The zero-order chi connectivity index (χ0) is 16.9. The van der Waals surface area contributed by atoms with Gasteiger partial charge in [0.1, 0.15) is 0 Å². The lowest BCUT2D eigenvalue weighted by Crippen LogP contribution is -2.50. The van der Waals surface area contributed by atoms with Gasteiger partial charge < -0.3 is 15.1 Å². The molecule has 0 atom stereocenters. The Hall–Kier alpha value is -1.28. The first kappa shape index (κ1) is 17.5. The number of piperidine rings is 1. The molecule has 0 bridgehead atoms. The van der Waals surface area contributed by atoms with E-state index in [0.29, 0.717) is 5.75 Å². The van der Waals surface area contributed by atoms with E-state index in [9.17, 15) is 9.59 Å². The fourth-order valence-corrected chi connectivity index (χ4v) is 4.78. The predicted molar refractivity (Wildman–Crippen MR) is 96.5 cm³/mol. The number of likely N-dealkylation sites (tertiary alicyclic amines) is 2. The highest BCUT2D eigenvalue weighted by molar-refractivity contribution is 8.01. The first-order chi connectivity index (χ1) is 11.6. The molecule has 6 nitrogen and oxygen atoms in total. The second kappa shape index (κ2) is 8.20. The smallest absolute Gasteiger partial charge is 0.319 e. The van der Waals surface area contributed by atoms with Crippen LogP contribution in [0.1, 0.15) is 31.4 Å². The number of rotatable bonds is 4. The molecule has 1 aromatic rings. The van der Waals surface area contributed by atoms with E-state index < -0.39 is 0 Å². The van der Waals surface area contributed by atoms with Crippen LogP contribution in [0.3, 0.4) is 0 Å². The van der Waals surface area contributed by atoms with Crippen LogP contribution < -0.4 is 5.32 Å². The molecule has 2 fully saturated rings. The SMILES string of the molecule is Cc1csc(SCC(=O)NC2CCN(C(=O)N3CCCC3)CC2)n1. The van der Waals surface area contributed by atoms with Gasteiger partial charge in [-0.25, -0.2) is 9.78 Å². The van der Waals surface area contributed by atoms with Crippen molar-refractivity contribution >= 4 is 35.0 Å². The highest BCUT2D eigenvalue weighted by Gasteiger charge is 2.28. The van der Waals surface area contributed by atoms with E-state index in [4.69, 9.17) is 0 Å². The molecule has 132 valence electrons. The number of carbonyl (C=O) groups excluding carboxylic acids is 2. The number of nitrogens with one attached hydrogen (secondary N) is 1. The third-order valence-electron chi connectivity index (χ3n) is 4.43. The van der Waals surface area contributed by atoms with E-state index in [-0.39, 0.29) is 18.0 Å². The van der Waals surface area contributed by atoms with Gasteiger partial charge in [-0.05, 0) is 32.6 Å². The van der Waals surface area contributed by atoms with Crippen LogP contribution in [-0.4, -0.2) is 64.7 Å². The normalized spacial score (nSPS) is 18.9. The molecule has 3 heterocycles. The van der Waals surface area contributed by atoms with Crippen LogP contribution >= 0.6 is 23.1 Å². The van der Waals surface area contributed by atoms with Crippen molar-refractivity contribution in [3.05, 3.63) is 11.1 Å². The number of aromatic nitrogens is 1. The van der Waals surface area contributed by atoms with Gasteiger partial charge in [0.15, 0.2) is 4.34 Å². The van der Waals surface area contributed by atoms with E-state index in [1.165, 1.54) is 11.8 Å². The fourth-order valence-electron chi connectivity index (χ4n) is 3.12. The summed E-state index contributed by atoms with van der Waals surface area (Å²) in [5.74, 6) is 0.456. The summed E-state index contributed by atoms with van der Waals surface area (Å²) in [7, 11) is 0. The Morgan fingerprint density at radius 3 is 2.54 bits per heavy atom. The lowest BCUT2D eigenvalue weighted by Gasteiger charge is -2.34. The maximum atomic E-state index is 12.3. The second-order valence-electron chi connectivity index (χ2n) is 6.35. The minimum Gasteiger partial charge on any atom is -0.353 e. The Bertz CT molecular complexity index is 578. The number of amides is 3. The largest absolute Gasteiger partial charge is 0.353 e. The first-order valence-electron chi connectivity index (χ1n) is 8.50. The topological polar surface area (TPSA) is 65.5 Å². The zero-order valence-electron chi connectivity index (χ0n) is 14.0. The summed E-state index contributed by atoms with van der Waals surface area (Å²) in [5.41, 5.74) is 0.998. The third-order valence-corrected chi connectivity index (χ3v) is 6.57. The van der Waals surface area contributed by atoms with Crippen molar-refractivity contribution in [3.8, 4) is 0 Å². The number of aryl methyl sites for hydroxylation is 1. The van der Waals surface area contributed by atoms with Crippen molar-refractivity contribution in [1.29, 1.82) is 0 Å². The monoisotopic (exact) mass is 368 g/mol. The van der Waals surface area contributed by atoms with Crippen molar-refractivity contribution in [2.24, 2.45) is 0 Å². The number of hydrogen-bond donors (Lipinski definition) is 1. The first-order valence-corrected chi connectivity index (χ1v) is 10.4. The fraction of sp³-hybridized carbons (Fsp3) is 0.688. The molecule has 1 N–H and O–H groups in total. The maximum Gasteiger partial charge on any atom is 0.319 e. The molecule has 24 heavy (non-hydrogen) atoms. The van der Waals surface area contributed by atoms with Gasteiger partial charge in [0.2, 0.25) is 5.91 Å². The van der Waals surface area contributed by atoms with Crippen LogP contribution in [0.5, 0.6) is 0 Å². The average Bonchev–Trinajstić information content (AvgIpc) is 3.25. The van der Waals surface area contributed by atoms with E-state index in [1.54, 1.807) is 11.3 Å². The molecular weight excluding hydrogens is 344 g/mol. The summed E-state index contributed by atoms with van der Waals surface area (Å²) in [6, 6.07) is 0.353. The standard InChI is InChI=1S/C16H24N4O2S2/c1-12-10-23-15(17-12)24-11-14(21)18-13-4-8-20(9-5-13)16(22)19-6-2-3-7-19/h10,13H,2-9,11H2,1H3,(H,18,21). The van der Waals surface area contributed by atoms with Crippen LogP contribution in [0.25, 0.3) is 0 Å². The van der Waals surface area contributed by atoms with Gasteiger partial charge in [-0.2, -0.15) is 0 Å². The Kier molecular flexibility index (Phi) is 5.99. The summed E-state index contributed by atoms with van der Waals surface area (Å²) in [6.45, 7) is 5.21. The minimum atomic E-state index is 0.0529. The van der Waals surface area contributed by atoms with E-state index in [2.05, 4.69) is 10.3 Å². The van der Waals surface area contributed by atoms with Crippen LogP contribution in [0.15, 0.2) is 9.72 Å². The quantitative estimate of drug-likeness (QED) is 0.829. The van der Waals surface area contributed by atoms with Crippen molar-refractivity contribution in [3.63, 3.8) is 0 Å². The highest BCUT2D eigenvalue weighted by Crippen LogP contribution is 2.22. The molecule has 2 aliphatic rings.